The van der Waals surface area contributed by atoms with Crippen LogP contribution in [0.2, 0.25) is 0 Å². The molecule has 0 aromatic carbocycles. The van der Waals surface area contributed by atoms with Gasteiger partial charge in [-0.1, -0.05) is 20.8 Å². The van der Waals surface area contributed by atoms with Gasteiger partial charge in [-0.3, -0.25) is 0 Å². The second-order valence-electron chi connectivity index (χ2n) is 4.31. The maximum absolute atomic E-state index is 12.1. The van der Waals surface area contributed by atoms with E-state index in [2.05, 4.69) is 9.72 Å². The first-order chi connectivity index (χ1) is 7.09. The Hall–Kier alpha value is -1.46. The van der Waals surface area contributed by atoms with Crippen molar-refractivity contribution in [2.45, 2.75) is 32.5 Å². The molecule has 1 heterocycles. The van der Waals surface area contributed by atoms with E-state index in [9.17, 15) is 13.2 Å². The molecule has 0 saturated heterocycles. The normalized spacial score (nSPS) is 12.6. The van der Waals surface area contributed by atoms with Gasteiger partial charge in [-0.2, -0.15) is 0 Å². The van der Waals surface area contributed by atoms with E-state index in [0.717, 1.165) is 12.1 Å². The minimum Gasteiger partial charge on any atom is -0.493 e. The minimum atomic E-state index is -4.77. The fourth-order valence-corrected chi connectivity index (χ4v) is 1.18. The van der Waals surface area contributed by atoms with Crippen LogP contribution in [0.1, 0.15) is 26.5 Å². The van der Waals surface area contributed by atoms with Gasteiger partial charge in [-0.05, 0) is 6.07 Å². The third-order valence-electron chi connectivity index (χ3n) is 1.78. The summed E-state index contributed by atoms with van der Waals surface area (Å²) in [6, 6.07) is 2.10. The molecule has 0 unspecified atom stereocenters. The summed E-state index contributed by atoms with van der Waals surface area (Å²) in [6.45, 7) is 5.04. The first-order valence-corrected chi connectivity index (χ1v) is 4.56. The number of nitrogens with zero attached hydrogens (tertiary/aromatic N) is 1. The van der Waals surface area contributed by atoms with Crippen LogP contribution in [0.15, 0.2) is 12.1 Å². The summed E-state index contributed by atoms with van der Waals surface area (Å²) >= 11 is 0. The second kappa shape index (κ2) is 3.84. The Morgan fingerprint density at radius 3 is 2.19 bits per heavy atom. The lowest BCUT2D eigenvalue weighted by molar-refractivity contribution is -0.275. The number of rotatable bonds is 1. The van der Waals surface area contributed by atoms with Gasteiger partial charge in [0.1, 0.15) is 0 Å². The Kier molecular flexibility index (Phi) is 3.03. The molecule has 0 aliphatic heterocycles. The molecular formula is C10H12F3NO2. The monoisotopic (exact) mass is 235 g/mol. The molecule has 0 saturated carbocycles. The van der Waals surface area contributed by atoms with Gasteiger partial charge in [-0.15, -0.1) is 13.2 Å². The fourth-order valence-electron chi connectivity index (χ4n) is 1.18. The average molecular weight is 235 g/mol. The first-order valence-electron chi connectivity index (χ1n) is 4.56. The predicted molar refractivity (Wildman–Crippen MR) is 51.3 cm³/mol. The third kappa shape index (κ3) is 3.29. The molecule has 0 aliphatic carbocycles. The number of hydrogen-bond acceptors (Lipinski definition) is 3. The molecule has 0 amide bonds. The molecule has 1 rings (SSSR count). The van der Waals surface area contributed by atoms with Crippen molar-refractivity contribution >= 4 is 0 Å². The van der Waals surface area contributed by atoms with Crippen LogP contribution in [0.5, 0.6) is 11.6 Å². The number of ether oxygens (including phenoxy) is 1. The van der Waals surface area contributed by atoms with Crippen molar-refractivity contribution in [3.8, 4) is 11.6 Å². The number of aromatic nitrogens is 1. The first kappa shape index (κ1) is 12.6. The van der Waals surface area contributed by atoms with Crippen LogP contribution in [0.3, 0.4) is 0 Å². The summed E-state index contributed by atoms with van der Waals surface area (Å²) in [6.07, 6.45) is -4.77. The summed E-state index contributed by atoms with van der Waals surface area (Å²) < 4.78 is 40.1. The number of aromatic hydroxyl groups is 1. The summed E-state index contributed by atoms with van der Waals surface area (Å²) in [4.78, 5) is 3.66. The van der Waals surface area contributed by atoms with Crippen LogP contribution >= 0.6 is 0 Å². The molecule has 90 valence electrons. The molecule has 1 aromatic rings. The summed E-state index contributed by atoms with van der Waals surface area (Å²) in [5.41, 5.74) is -0.593. The fraction of sp³-hybridized carbons (Fsp3) is 0.500. The number of pyridine rings is 1. The topological polar surface area (TPSA) is 42.4 Å². The van der Waals surface area contributed by atoms with E-state index in [1.165, 1.54) is 0 Å². The van der Waals surface area contributed by atoms with Gasteiger partial charge < -0.3 is 9.84 Å². The smallest absolute Gasteiger partial charge is 0.493 e. The van der Waals surface area contributed by atoms with Crippen molar-refractivity contribution in [1.29, 1.82) is 0 Å². The Labute approximate surface area is 90.9 Å². The van der Waals surface area contributed by atoms with Crippen LogP contribution in [0.25, 0.3) is 0 Å². The van der Waals surface area contributed by atoms with E-state index >= 15 is 0 Å². The highest BCUT2D eigenvalue weighted by atomic mass is 19.4. The highest BCUT2D eigenvalue weighted by Crippen LogP contribution is 2.34. The van der Waals surface area contributed by atoms with Crippen LogP contribution in [0, 0.1) is 0 Å². The van der Waals surface area contributed by atoms with E-state index in [-0.39, 0.29) is 11.6 Å². The van der Waals surface area contributed by atoms with Crippen molar-refractivity contribution in [3.05, 3.63) is 17.8 Å². The van der Waals surface area contributed by atoms with Gasteiger partial charge >= 0.3 is 6.36 Å². The zero-order valence-electron chi connectivity index (χ0n) is 9.09. The van der Waals surface area contributed by atoms with E-state index in [1.807, 2.05) is 0 Å². The van der Waals surface area contributed by atoms with E-state index in [1.54, 1.807) is 20.8 Å². The molecule has 0 atom stereocenters. The number of alkyl halides is 3. The van der Waals surface area contributed by atoms with Gasteiger partial charge in [0.05, 0.1) is 5.69 Å². The standard InChI is InChI=1S/C10H12F3NO2/c1-9(2,3)8-6(16-10(11,12)13)4-5-7(15)14-8/h4-5H,1-3H3,(H,14,15). The van der Waals surface area contributed by atoms with E-state index in [4.69, 9.17) is 5.11 Å². The molecule has 0 fully saturated rings. The summed E-state index contributed by atoms with van der Waals surface area (Å²) in [7, 11) is 0. The molecular weight excluding hydrogens is 223 g/mol. The second-order valence-corrected chi connectivity index (χ2v) is 4.31. The maximum atomic E-state index is 12.1. The van der Waals surface area contributed by atoms with Gasteiger partial charge in [-0.25, -0.2) is 4.98 Å². The predicted octanol–water partition coefficient (Wildman–Crippen LogP) is 2.98. The van der Waals surface area contributed by atoms with Crippen molar-refractivity contribution in [2.24, 2.45) is 0 Å². The van der Waals surface area contributed by atoms with Crippen molar-refractivity contribution in [1.82, 2.24) is 4.98 Å². The molecule has 6 heteroatoms. The number of hydrogen-bond donors (Lipinski definition) is 1. The Morgan fingerprint density at radius 2 is 1.75 bits per heavy atom. The van der Waals surface area contributed by atoms with E-state index < -0.39 is 17.5 Å². The lowest BCUT2D eigenvalue weighted by Crippen LogP contribution is -2.22. The van der Waals surface area contributed by atoms with Crippen LogP contribution in [0.4, 0.5) is 13.2 Å². The highest BCUT2D eigenvalue weighted by Gasteiger charge is 2.34. The molecule has 0 radical (unpaired) electrons. The SMILES string of the molecule is CC(C)(C)c1nc(O)ccc1OC(F)(F)F. The zero-order valence-corrected chi connectivity index (χ0v) is 9.09. The largest absolute Gasteiger partial charge is 0.573 e. The Bertz CT molecular complexity index is 383. The zero-order chi connectivity index (χ0) is 12.6. The maximum Gasteiger partial charge on any atom is 0.573 e. The summed E-state index contributed by atoms with van der Waals surface area (Å²) in [5, 5.41) is 9.15. The van der Waals surface area contributed by atoms with Crippen LogP contribution in [-0.4, -0.2) is 16.5 Å². The lowest BCUT2D eigenvalue weighted by atomic mass is 9.91. The third-order valence-corrected chi connectivity index (χ3v) is 1.78. The van der Waals surface area contributed by atoms with Gasteiger partial charge in [0, 0.05) is 11.5 Å². The highest BCUT2D eigenvalue weighted by molar-refractivity contribution is 5.35. The van der Waals surface area contributed by atoms with Gasteiger partial charge in [0.15, 0.2) is 5.75 Å². The van der Waals surface area contributed by atoms with E-state index in [0.29, 0.717) is 0 Å². The lowest BCUT2D eigenvalue weighted by Gasteiger charge is -2.21. The Balaban J connectivity index is 3.19. The van der Waals surface area contributed by atoms with Gasteiger partial charge in [0.25, 0.3) is 0 Å². The Morgan fingerprint density at radius 1 is 1.19 bits per heavy atom. The molecule has 1 N–H and O–H groups in total. The van der Waals surface area contributed by atoms with Gasteiger partial charge in [0.2, 0.25) is 5.88 Å². The van der Waals surface area contributed by atoms with Crippen molar-refractivity contribution in [2.75, 3.05) is 0 Å². The summed E-state index contributed by atoms with van der Waals surface area (Å²) in [5.74, 6) is -0.725. The van der Waals surface area contributed by atoms with Crippen molar-refractivity contribution in [3.63, 3.8) is 0 Å². The molecule has 0 aliphatic rings. The minimum absolute atomic E-state index is 0.0600. The van der Waals surface area contributed by atoms with Crippen LogP contribution < -0.4 is 4.74 Å². The average Bonchev–Trinajstić information content (AvgIpc) is 2.04. The molecule has 0 bridgehead atoms. The van der Waals surface area contributed by atoms with Crippen LogP contribution in [-0.2, 0) is 5.41 Å². The molecule has 1 aromatic heterocycles. The quantitative estimate of drug-likeness (QED) is 0.813. The number of halogens is 3. The van der Waals surface area contributed by atoms with Crippen molar-refractivity contribution < 1.29 is 23.0 Å². The molecule has 16 heavy (non-hydrogen) atoms. The molecule has 3 nitrogen and oxygen atoms in total. The molecule has 0 spiro atoms.